The van der Waals surface area contributed by atoms with Crippen molar-refractivity contribution in [1.82, 2.24) is 0 Å². The third kappa shape index (κ3) is 1.73. The zero-order valence-electron chi connectivity index (χ0n) is 12.2. The molecule has 6 unspecified atom stereocenters. The van der Waals surface area contributed by atoms with Crippen LogP contribution in [-0.4, -0.2) is 18.0 Å². The monoisotopic (exact) mass is 282 g/mol. The fourth-order valence-electron chi connectivity index (χ4n) is 4.75. The number of nitrogens with zero attached hydrogens (tertiary/aromatic N) is 2. The maximum Gasteiger partial charge on any atom is 0.163 e. The molecule has 2 fully saturated rings. The van der Waals surface area contributed by atoms with Gasteiger partial charge in [0.2, 0.25) is 0 Å². The molecule has 0 amide bonds. The second-order valence-corrected chi connectivity index (χ2v) is 7.02. The van der Waals surface area contributed by atoms with Crippen molar-refractivity contribution in [3.05, 3.63) is 23.3 Å². The molecule has 0 N–H and O–H groups in total. The number of ether oxygens (including phenoxy) is 2. The molecule has 4 nitrogen and oxygen atoms in total. The summed E-state index contributed by atoms with van der Waals surface area (Å²) in [6, 6.07) is 4.47. The molecule has 4 heteroatoms. The fourth-order valence-corrected chi connectivity index (χ4v) is 4.75. The highest BCUT2D eigenvalue weighted by atomic mass is 16.8. The van der Waals surface area contributed by atoms with Gasteiger partial charge in [-0.2, -0.15) is 10.5 Å². The Balaban J connectivity index is 1.72. The number of hydrogen-bond donors (Lipinski definition) is 0. The van der Waals surface area contributed by atoms with E-state index in [1.807, 2.05) is 13.8 Å². The normalized spacial score (nSPS) is 45.7. The largest absolute Gasteiger partial charge is 0.344 e. The van der Waals surface area contributed by atoms with Crippen LogP contribution >= 0.6 is 0 Å². The molecule has 1 heterocycles. The Kier molecular flexibility index (Phi) is 2.61. The Morgan fingerprint density at radius 2 is 1.38 bits per heavy atom. The minimum Gasteiger partial charge on any atom is -0.344 e. The average molecular weight is 282 g/mol. The third-order valence-corrected chi connectivity index (χ3v) is 5.53. The highest BCUT2D eigenvalue weighted by Crippen LogP contribution is 2.56. The Labute approximate surface area is 124 Å². The Morgan fingerprint density at radius 1 is 0.952 bits per heavy atom. The second kappa shape index (κ2) is 4.19. The topological polar surface area (TPSA) is 66.0 Å². The van der Waals surface area contributed by atoms with E-state index in [4.69, 9.17) is 9.47 Å². The van der Waals surface area contributed by atoms with Crippen molar-refractivity contribution in [1.29, 1.82) is 10.5 Å². The van der Waals surface area contributed by atoms with E-state index in [2.05, 4.69) is 24.3 Å². The van der Waals surface area contributed by atoms with Crippen molar-refractivity contribution >= 4 is 0 Å². The van der Waals surface area contributed by atoms with E-state index in [0.29, 0.717) is 47.7 Å². The van der Waals surface area contributed by atoms with Crippen molar-refractivity contribution in [2.45, 2.75) is 44.7 Å². The lowest BCUT2D eigenvalue weighted by atomic mass is 9.55. The van der Waals surface area contributed by atoms with Gasteiger partial charge in [0.1, 0.15) is 0 Å². The van der Waals surface area contributed by atoms with Crippen LogP contribution in [0.1, 0.15) is 26.7 Å². The van der Waals surface area contributed by atoms with Crippen LogP contribution in [-0.2, 0) is 9.47 Å². The molecule has 5 aliphatic rings. The molecule has 21 heavy (non-hydrogen) atoms. The highest BCUT2D eigenvalue weighted by molar-refractivity contribution is 5.41. The molecule has 0 aromatic rings. The summed E-state index contributed by atoms with van der Waals surface area (Å²) >= 11 is 0. The van der Waals surface area contributed by atoms with Crippen LogP contribution in [0.5, 0.6) is 0 Å². The van der Waals surface area contributed by atoms with Gasteiger partial charge < -0.3 is 9.47 Å². The van der Waals surface area contributed by atoms with Crippen LogP contribution in [0.25, 0.3) is 0 Å². The van der Waals surface area contributed by atoms with Crippen molar-refractivity contribution < 1.29 is 9.47 Å². The molecule has 6 atom stereocenters. The standard InChI is InChI=1S/C17H18N2O2/c1-17(2)20-15-11-3-4-12(16(15)21-17)14-6-10(8-19)9(7-18)5-13(11)14/h3-4,11-16H,5-6H2,1-2H3. The van der Waals surface area contributed by atoms with Crippen LogP contribution in [0, 0.1) is 46.3 Å². The summed E-state index contributed by atoms with van der Waals surface area (Å²) in [7, 11) is 0. The lowest BCUT2D eigenvalue weighted by Gasteiger charge is -2.51. The Morgan fingerprint density at radius 3 is 1.76 bits per heavy atom. The first kappa shape index (κ1) is 13.1. The van der Waals surface area contributed by atoms with Gasteiger partial charge in [-0.15, -0.1) is 0 Å². The maximum atomic E-state index is 9.29. The van der Waals surface area contributed by atoms with Crippen molar-refractivity contribution in [3.63, 3.8) is 0 Å². The van der Waals surface area contributed by atoms with E-state index in [9.17, 15) is 10.5 Å². The summed E-state index contributed by atoms with van der Waals surface area (Å²) in [5.41, 5.74) is 1.35. The van der Waals surface area contributed by atoms with Gasteiger partial charge >= 0.3 is 0 Å². The molecule has 5 rings (SSSR count). The summed E-state index contributed by atoms with van der Waals surface area (Å²) < 4.78 is 12.2. The molecule has 0 spiro atoms. The summed E-state index contributed by atoms with van der Waals surface area (Å²) in [6.45, 7) is 3.93. The molecular weight excluding hydrogens is 264 g/mol. The molecule has 1 saturated carbocycles. The van der Waals surface area contributed by atoms with Crippen LogP contribution in [0.3, 0.4) is 0 Å². The Hall–Kier alpha value is -1.62. The number of allylic oxidation sites excluding steroid dienone is 2. The summed E-state index contributed by atoms with van der Waals surface area (Å²) in [5, 5.41) is 18.6. The first-order valence-corrected chi connectivity index (χ1v) is 7.60. The highest BCUT2D eigenvalue weighted by Gasteiger charge is 2.59. The molecule has 0 radical (unpaired) electrons. The summed E-state index contributed by atoms with van der Waals surface area (Å²) in [6.07, 6.45) is 6.12. The van der Waals surface area contributed by atoms with Crippen LogP contribution in [0.15, 0.2) is 23.3 Å². The van der Waals surface area contributed by atoms with Gasteiger partial charge in [-0.25, -0.2) is 0 Å². The quantitative estimate of drug-likeness (QED) is 0.641. The predicted molar refractivity (Wildman–Crippen MR) is 74.4 cm³/mol. The molecule has 4 aliphatic carbocycles. The second-order valence-electron chi connectivity index (χ2n) is 7.02. The number of hydrogen-bond acceptors (Lipinski definition) is 4. The molecule has 1 aliphatic heterocycles. The van der Waals surface area contributed by atoms with Gasteiger partial charge in [0.15, 0.2) is 5.79 Å². The molecule has 1 saturated heterocycles. The van der Waals surface area contributed by atoms with Crippen LogP contribution < -0.4 is 0 Å². The SMILES string of the molecule is CC1(C)OC2C3C=CC(C4CC(C#N)=C(C#N)CC34)C2O1. The van der Waals surface area contributed by atoms with E-state index in [1.54, 1.807) is 0 Å². The van der Waals surface area contributed by atoms with Gasteiger partial charge in [0, 0.05) is 23.0 Å². The van der Waals surface area contributed by atoms with Crippen molar-refractivity contribution in [3.8, 4) is 12.1 Å². The van der Waals surface area contributed by atoms with Crippen LogP contribution in [0.4, 0.5) is 0 Å². The fraction of sp³-hybridized carbons (Fsp3) is 0.647. The van der Waals surface area contributed by atoms with E-state index < -0.39 is 5.79 Å². The minimum absolute atomic E-state index is 0.0971. The zero-order chi connectivity index (χ0) is 14.8. The van der Waals surface area contributed by atoms with Gasteiger partial charge in [0.25, 0.3) is 0 Å². The first-order chi connectivity index (χ1) is 10.0. The number of rotatable bonds is 0. The Bertz CT molecular complexity index is 582. The van der Waals surface area contributed by atoms with E-state index in [-0.39, 0.29) is 12.2 Å². The van der Waals surface area contributed by atoms with Crippen molar-refractivity contribution in [2.75, 3.05) is 0 Å². The smallest absolute Gasteiger partial charge is 0.163 e. The lowest BCUT2D eigenvalue weighted by molar-refractivity contribution is -0.149. The van der Waals surface area contributed by atoms with E-state index >= 15 is 0 Å². The lowest BCUT2D eigenvalue weighted by Crippen LogP contribution is -2.54. The van der Waals surface area contributed by atoms with Gasteiger partial charge in [-0.3, -0.25) is 0 Å². The predicted octanol–water partition coefficient (Wildman–Crippen LogP) is 2.69. The van der Waals surface area contributed by atoms with Crippen molar-refractivity contribution in [2.24, 2.45) is 23.7 Å². The van der Waals surface area contributed by atoms with E-state index in [0.717, 1.165) is 0 Å². The zero-order valence-corrected chi connectivity index (χ0v) is 12.2. The molecular formula is C17H18N2O2. The maximum absolute atomic E-state index is 9.29. The number of nitriles is 2. The van der Waals surface area contributed by atoms with Crippen LogP contribution in [0.2, 0.25) is 0 Å². The third-order valence-electron chi connectivity index (χ3n) is 5.53. The van der Waals surface area contributed by atoms with Gasteiger partial charge in [-0.05, 0) is 38.5 Å². The summed E-state index contributed by atoms with van der Waals surface area (Å²) in [4.78, 5) is 0. The summed E-state index contributed by atoms with van der Waals surface area (Å²) in [5.74, 6) is 0.885. The molecule has 0 aromatic heterocycles. The van der Waals surface area contributed by atoms with E-state index in [1.165, 1.54) is 0 Å². The molecule has 0 aromatic carbocycles. The average Bonchev–Trinajstić information content (AvgIpc) is 2.81. The minimum atomic E-state index is -0.533. The van der Waals surface area contributed by atoms with Gasteiger partial charge in [0.05, 0.1) is 24.3 Å². The molecule has 2 bridgehead atoms. The molecule has 108 valence electrons. The first-order valence-electron chi connectivity index (χ1n) is 7.60. The van der Waals surface area contributed by atoms with Gasteiger partial charge in [-0.1, -0.05) is 12.2 Å².